The number of nitrogens with zero attached hydrogens (tertiary/aromatic N) is 6. The van der Waals surface area contributed by atoms with E-state index in [1.807, 2.05) is 25.3 Å². The molecule has 0 saturated carbocycles. The number of H-pyrrole nitrogens is 1. The van der Waals surface area contributed by atoms with Gasteiger partial charge < -0.3 is 9.88 Å². The number of nitrogens with one attached hydrogen (secondary N) is 2. The minimum Gasteiger partial charge on any atom is -0.329 e. The Hall–Kier alpha value is -4.47. The largest absolute Gasteiger partial charge is 0.329 e. The molecule has 2 N–H and O–H groups in total. The van der Waals surface area contributed by atoms with Gasteiger partial charge in [-0.15, -0.1) is 0 Å². The highest BCUT2D eigenvalue weighted by Gasteiger charge is 2.20. The molecule has 5 aromatic heterocycles. The molecule has 5 rings (SSSR count). The molecule has 5 aromatic rings. The first kappa shape index (κ1) is 20.4. The average Bonchev–Trinajstić information content (AvgIpc) is 3.39. The number of carbonyl (C=O) groups is 2. The number of rotatable bonds is 5. The van der Waals surface area contributed by atoms with Crippen LogP contribution in [0.4, 0.5) is 5.69 Å². The standard InChI is InChI=1S/C23H20N8O2/c1-12(2)31-10-19(18-9-25-11-27-22(18)31)20(32)14-4-16(8-24-6-14)28-23(33)15-5-17-13(3)29-30-21(17)26-7-15/h4-12H,1-3H3,(H,28,33)(H,26,29,30). The Balaban J connectivity index is 1.44. The molecule has 0 aromatic carbocycles. The fourth-order valence-corrected chi connectivity index (χ4v) is 3.70. The summed E-state index contributed by atoms with van der Waals surface area (Å²) in [5.74, 6) is -0.587. The maximum atomic E-state index is 13.3. The van der Waals surface area contributed by atoms with Crippen LogP contribution in [-0.2, 0) is 0 Å². The van der Waals surface area contributed by atoms with Gasteiger partial charge in [-0.2, -0.15) is 5.10 Å². The molecule has 10 heteroatoms. The van der Waals surface area contributed by atoms with Crippen LogP contribution in [0, 0.1) is 6.92 Å². The summed E-state index contributed by atoms with van der Waals surface area (Å²) in [6.07, 6.45) is 9.30. The van der Waals surface area contributed by atoms with Gasteiger partial charge in [0.05, 0.1) is 23.0 Å². The van der Waals surface area contributed by atoms with Gasteiger partial charge in [0.2, 0.25) is 0 Å². The minimum atomic E-state index is -0.360. The van der Waals surface area contributed by atoms with E-state index in [2.05, 4.69) is 35.5 Å². The highest BCUT2D eigenvalue weighted by molar-refractivity contribution is 6.16. The van der Waals surface area contributed by atoms with Gasteiger partial charge in [-0.25, -0.2) is 15.0 Å². The van der Waals surface area contributed by atoms with E-state index in [1.165, 1.54) is 24.9 Å². The number of aromatic nitrogens is 7. The molecule has 1 amide bonds. The maximum absolute atomic E-state index is 13.3. The minimum absolute atomic E-state index is 0.123. The number of aromatic amines is 1. The number of amides is 1. The lowest BCUT2D eigenvalue weighted by atomic mass is 10.1. The van der Waals surface area contributed by atoms with Gasteiger partial charge >= 0.3 is 0 Å². The summed E-state index contributed by atoms with van der Waals surface area (Å²) in [5.41, 5.74) is 3.67. The third-order valence-electron chi connectivity index (χ3n) is 5.42. The van der Waals surface area contributed by atoms with Crippen molar-refractivity contribution in [1.82, 2.24) is 34.7 Å². The van der Waals surface area contributed by atoms with Crippen molar-refractivity contribution in [2.75, 3.05) is 5.32 Å². The fourth-order valence-electron chi connectivity index (χ4n) is 3.70. The molecule has 0 fully saturated rings. The average molecular weight is 440 g/mol. The summed E-state index contributed by atoms with van der Waals surface area (Å²) in [4.78, 5) is 42.9. The van der Waals surface area contributed by atoms with Gasteiger partial charge in [-0.1, -0.05) is 0 Å². The molecule has 0 aliphatic rings. The van der Waals surface area contributed by atoms with Gasteiger partial charge in [0.25, 0.3) is 5.91 Å². The van der Waals surface area contributed by atoms with Crippen molar-refractivity contribution in [3.8, 4) is 0 Å². The Morgan fingerprint density at radius 1 is 1.00 bits per heavy atom. The number of anilines is 1. The summed E-state index contributed by atoms with van der Waals surface area (Å²) < 4.78 is 1.93. The monoisotopic (exact) mass is 440 g/mol. The van der Waals surface area contributed by atoms with E-state index >= 15 is 0 Å². The van der Waals surface area contributed by atoms with Gasteiger partial charge in [0.1, 0.15) is 12.0 Å². The summed E-state index contributed by atoms with van der Waals surface area (Å²) in [6.45, 7) is 5.90. The molecular formula is C23H20N8O2. The molecule has 164 valence electrons. The van der Waals surface area contributed by atoms with Crippen LogP contribution in [0.15, 0.2) is 49.4 Å². The van der Waals surface area contributed by atoms with Crippen molar-refractivity contribution in [2.24, 2.45) is 0 Å². The Labute approximate surface area is 188 Å². The second kappa shape index (κ2) is 7.90. The van der Waals surface area contributed by atoms with E-state index < -0.39 is 0 Å². The first-order valence-electron chi connectivity index (χ1n) is 10.3. The quantitative estimate of drug-likeness (QED) is 0.400. The molecule has 0 spiro atoms. The van der Waals surface area contributed by atoms with Crippen molar-refractivity contribution in [1.29, 1.82) is 0 Å². The van der Waals surface area contributed by atoms with E-state index in [1.54, 1.807) is 24.5 Å². The number of hydrogen-bond acceptors (Lipinski definition) is 7. The molecule has 0 aliphatic carbocycles. The summed E-state index contributed by atoms with van der Waals surface area (Å²) in [6, 6.07) is 3.45. The zero-order chi connectivity index (χ0) is 23.1. The van der Waals surface area contributed by atoms with E-state index in [0.29, 0.717) is 39.1 Å². The highest BCUT2D eigenvalue weighted by atomic mass is 16.1. The van der Waals surface area contributed by atoms with Crippen LogP contribution in [0.3, 0.4) is 0 Å². The number of ketones is 1. The van der Waals surface area contributed by atoms with E-state index in [4.69, 9.17) is 0 Å². The van der Waals surface area contributed by atoms with Crippen LogP contribution < -0.4 is 5.32 Å². The SMILES string of the molecule is Cc1[nH]nc2ncc(C(=O)Nc3cncc(C(=O)c4cn(C(C)C)c5ncncc45)c3)cc12. The lowest BCUT2D eigenvalue weighted by Crippen LogP contribution is -2.13. The number of hydrogen-bond donors (Lipinski definition) is 2. The maximum Gasteiger partial charge on any atom is 0.257 e. The molecule has 0 aliphatic heterocycles. The number of aryl methyl sites for hydroxylation is 1. The summed E-state index contributed by atoms with van der Waals surface area (Å²) in [5, 5.41) is 11.1. The van der Waals surface area contributed by atoms with Crippen molar-refractivity contribution >= 4 is 39.4 Å². The third-order valence-corrected chi connectivity index (χ3v) is 5.42. The van der Waals surface area contributed by atoms with Crippen LogP contribution in [0.25, 0.3) is 22.1 Å². The van der Waals surface area contributed by atoms with Crippen LogP contribution in [0.1, 0.15) is 51.9 Å². The van der Waals surface area contributed by atoms with Gasteiger partial charge in [0, 0.05) is 52.9 Å². The second-order valence-corrected chi connectivity index (χ2v) is 7.99. The summed E-state index contributed by atoms with van der Waals surface area (Å²) >= 11 is 0. The predicted octanol–water partition coefficient (Wildman–Crippen LogP) is 3.47. The first-order chi connectivity index (χ1) is 15.9. The van der Waals surface area contributed by atoms with Crippen LogP contribution in [0.5, 0.6) is 0 Å². The Kier molecular flexibility index (Phi) is 4.89. The number of pyridine rings is 2. The highest BCUT2D eigenvalue weighted by Crippen LogP contribution is 2.25. The molecule has 10 nitrogen and oxygen atoms in total. The molecule has 0 radical (unpaired) electrons. The molecule has 0 atom stereocenters. The second-order valence-electron chi connectivity index (χ2n) is 7.99. The molecular weight excluding hydrogens is 420 g/mol. The lowest BCUT2D eigenvalue weighted by molar-refractivity contribution is 0.102. The molecule has 5 heterocycles. The van der Waals surface area contributed by atoms with E-state index in [0.717, 1.165) is 11.1 Å². The number of fused-ring (bicyclic) bond motifs is 2. The fraction of sp³-hybridized carbons (Fsp3) is 0.174. The zero-order valence-electron chi connectivity index (χ0n) is 18.2. The van der Waals surface area contributed by atoms with Crippen molar-refractivity contribution in [3.63, 3.8) is 0 Å². The van der Waals surface area contributed by atoms with Crippen LogP contribution in [0.2, 0.25) is 0 Å². The Morgan fingerprint density at radius 3 is 2.67 bits per heavy atom. The van der Waals surface area contributed by atoms with E-state index in [9.17, 15) is 9.59 Å². The topological polar surface area (TPSA) is 131 Å². The van der Waals surface area contributed by atoms with Gasteiger partial charge in [0.15, 0.2) is 11.4 Å². The van der Waals surface area contributed by atoms with Crippen LogP contribution >= 0.6 is 0 Å². The molecule has 0 unspecified atom stereocenters. The Morgan fingerprint density at radius 2 is 1.85 bits per heavy atom. The lowest BCUT2D eigenvalue weighted by Gasteiger charge is -2.07. The number of carbonyl (C=O) groups excluding carboxylic acids is 2. The first-order valence-corrected chi connectivity index (χ1v) is 10.3. The normalized spacial score (nSPS) is 11.4. The molecule has 0 saturated heterocycles. The molecule has 0 bridgehead atoms. The van der Waals surface area contributed by atoms with Crippen molar-refractivity contribution in [3.05, 3.63) is 71.8 Å². The van der Waals surface area contributed by atoms with Crippen molar-refractivity contribution in [2.45, 2.75) is 26.8 Å². The van der Waals surface area contributed by atoms with Gasteiger partial charge in [-0.3, -0.25) is 19.7 Å². The summed E-state index contributed by atoms with van der Waals surface area (Å²) in [7, 11) is 0. The molecule has 33 heavy (non-hydrogen) atoms. The predicted molar refractivity (Wildman–Crippen MR) is 122 cm³/mol. The van der Waals surface area contributed by atoms with Crippen LogP contribution in [-0.4, -0.2) is 46.4 Å². The Bertz CT molecular complexity index is 1530. The van der Waals surface area contributed by atoms with E-state index in [-0.39, 0.29) is 17.7 Å². The smallest absolute Gasteiger partial charge is 0.257 e. The van der Waals surface area contributed by atoms with Crippen molar-refractivity contribution < 1.29 is 9.59 Å². The zero-order valence-corrected chi connectivity index (χ0v) is 18.2. The van der Waals surface area contributed by atoms with Gasteiger partial charge in [-0.05, 0) is 32.9 Å². The third kappa shape index (κ3) is 3.61.